The van der Waals surface area contributed by atoms with Crippen molar-refractivity contribution < 1.29 is 9.53 Å². The zero-order valence-electron chi connectivity index (χ0n) is 15.7. The van der Waals surface area contributed by atoms with Crippen molar-refractivity contribution in [2.45, 2.75) is 19.4 Å². The first-order chi connectivity index (χ1) is 13.8. The highest BCUT2D eigenvalue weighted by Crippen LogP contribution is 2.26. The van der Waals surface area contributed by atoms with Crippen LogP contribution in [0.25, 0.3) is 6.08 Å². The first kappa shape index (κ1) is 18.0. The van der Waals surface area contributed by atoms with Crippen LogP contribution in [0.1, 0.15) is 23.4 Å². The molecule has 4 rings (SSSR count). The van der Waals surface area contributed by atoms with E-state index in [1.54, 1.807) is 12.4 Å². The van der Waals surface area contributed by atoms with E-state index in [4.69, 9.17) is 4.74 Å². The van der Waals surface area contributed by atoms with Crippen LogP contribution in [0.4, 0.5) is 0 Å². The van der Waals surface area contributed by atoms with Crippen LogP contribution in [0.2, 0.25) is 0 Å². The number of carbonyl (C=O) groups excluding carboxylic acids is 1. The van der Waals surface area contributed by atoms with Gasteiger partial charge in [-0.25, -0.2) is 4.98 Å². The molecule has 0 aliphatic carbocycles. The molecule has 1 aliphatic rings. The molecule has 0 radical (unpaired) electrons. The fraction of sp³-hybridized carbons (Fsp3) is 0.217. The zero-order chi connectivity index (χ0) is 19.2. The molecule has 142 valence electrons. The summed E-state index contributed by atoms with van der Waals surface area (Å²) in [7, 11) is 0. The van der Waals surface area contributed by atoms with Crippen molar-refractivity contribution in [3.8, 4) is 5.75 Å². The molecule has 5 nitrogen and oxygen atoms in total. The predicted octanol–water partition coefficient (Wildman–Crippen LogP) is 3.85. The second-order valence-electron chi connectivity index (χ2n) is 6.85. The average Bonchev–Trinajstić information content (AvgIpc) is 3.26. The van der Waals surface area contributed by atoms with E-state index in [0.717, 1.165) is 30.0 Å². The Morgan fingerprint density at radius 2 is 1.93 bits per heavy atom. The summed E-state index contributed by atoms with van der Waals surface area (Å²) in [5.41, 5.74) is 2.89. The van der Waals surface area contributed by atoms with Gasteiger partial charge in [-0.15, -0.1) is 0 Å². The van der Waals surface area contributed by atoms with E-state index in [1.807, 2.05) is 53.4 Å². The van der Waals surface area contributed by atoms with Crippen molar-refractivity contribution >= 4 is 12.0 Å². The highest BCUT2D eigenvalue weighted by molar-refractivity contribution is 5.99. The number of rotatable bonds is 7. The van der Waals surface area contributed by atoms with Crippen molar-refractivity contribution in [3.05, 3.63) is 89.5 Å². The smallest absolute Gasteiger partial charge is 0.253 e. The van der Waals surface area contributed by atoms with Crippen LogP contribution in [0.3, 0.4) is 0 Å². The van der Waals surface area contributed by atoms with Crippen LogP contribution in [-0.2, 0) is 17.8 Å². The number of hydrogen-bond donors (Lipinski definition) is 1. The van der Waals surface area contributed by atoms with Crippen LogP contribution < -0.4 is 4.74 Å². The van der Waals surface area contributed by atoms with E-state index < -0.39 is 0 Å². The third-order valence-electron chi connectivity index (χ3n) is 4.83. The number of imidazole rings is 1. The lowest BCUT2D eigenvalue weighted by Crippen LogP contribution is -2.35. The normalized spacial score (nSPS) is 12.6. The fourth-order valence-corrected chi connectivity index (χ4v) is 3.38. The fourth-order valence-electron chi connectivity index (χ4n) is 3.38. The van der Waals surface area contributed by atoms with Crippen molar-refractivity contribution in [2.24, 2.45) is 0 Å². The summed E-state index contributed by atoms with van der Waals surface area (Å²) in [4.78, 5) is 22.4. The number of hydrogen-bond acceptors (Lipinski definition) is 3. The Labute approximate surface area is 164 Å². The van der Waals surface area contributed by atoms with Gasteiger partial charge in [0.1, 0.15) is 18.2 Å². The molecule has 0 fully saturated rings. The maximum atomic E-state index is 13.2. The van der Waals surface area contributed by atoms with E-state index >= 15 is 0 Å². The molecule has 1 N–H and O–H groups in total. The number of nitrogens with zero attached hydrogens (tertiary/aromatic N) is 2. The Morgan fingerprint density at radius 3 is 2.75 bits per heavy atom. The summed E-state index contributed by atoms with van der Waals surface area (Å²) < 4.78 is 5.78. The molecular weight excluding hydrogens is 350 g/mol. The van der Waals surface area contributed by atoms with E-state index in [0.29, 0.717) is 25.3 Å². The number of aromatic nitrogens is 2. The van der Waals surface area contributed by atoms with Crippen molar-refractivity contribution in [2.75, 3.05) is 13.2 Å². The number of aromatic amines is 1. The average molecular weight is 373 g/mol. The molecule has 0 unspecified atom stereocenters. The van der Waals surface area contributed by atoms with Gasteiger partial charge in [0, 0.05) is 24.5 Å². The van der Waals surface area contributed by atoms with Gasteiger partial charge < -0.3 is 14.6 Å². The first-order valence-corrected chi connectivity index (χ1v) is 9.53. The van der Waals surface area contributed by atoms with Crippen LogP contribution in [-0.4, -0.2) is 33.9 Å². The maximum Gasteiger partial charge on any atom is 0.253 e. The Morgan fingerprint density at radius 1 is 1.11 bits per heavy atom. The van der Waals surface area contributed by atoms with Gasteiger partial charge in [-0.3, -0.25) is 4.79 Å². The Balaban J connectivity index is 1.48. The number of fused-ring (bicyclic) bond motifs is 1. The number of benzene rings is 2. The monoisotopic (exact) mass is 373 g/mol. The van der Waals surface area contributed by atoms with E-state index in [9.17, 15) is 4.79 Å². The summed E-state index contributed by atoms with van der Waals surface area (Å²) in [6.07, 6.45) is 7.25. The second kappa shape index (κ2) is 8.57. The Bertz CT molecular complexity index is 949. The molecule has 2 aromatic carbocycles. The molecule has 1 amide bonds. The lowest BCUT2D eigenvalue weighted by atomic mass is 10.1. The van der Waals surface area contributed by atoms with Crippen molar-refractivity contribution in [1.82, 2.24) is 14.9 Å². The zero-order valence-corrected chi connectivity index (χ0v) is 15.7. The van der Waals surface area contributed by atoms with Gasteiger partial charge in [-0.1, -0.05) is 48.5 Å². The molecule has 5 heteroatoms. The van der Waals surface area contributed by atoms with E-state index in [-0.39, 0.29) is 5.91 Å². The number of para-hydroxylation sites is 1. The number of carbonyl (C=O) groups is 1. The summed E-state index contributed by atoms with van der Waals surface area (Å²) in [5, 5.41) is 0. The minimum absolute atomic E-state index is 0.000959. The third kappa shape index (κ3) is 4.31. The van der Waals surface area contributed by atoms with Crippen LogP contribution in [0.15, 0.2) is 72.6 Å². The Hall–Kier alpha value is -3.34. The van der Waals surface area contributed by atoms with Crippen LogP contribution >= 0.6 is 0 Å². The first-order valence-electron chi connectivity index (χ1n) is 9.53. The minimum atomic E-state index is -0.000959. The number of ether oxygens (including phenoxy) is 1. The molecule has 2 heterocycles. The molecule has 1 aliphatic heterocycles. The van der Waals surface area contributed by atoms with E-state index in [1.165, 1.54) is 5.56 Å². The lowest BCUT2D eigenvalue weighted by molar-refractivity contribution is -0.128. The number of amides is 1. The SMILES string of the molecule is O=C(C1=Cc2ccccc2OC1)N(CCCc1ccccc1)Cc1ncc[nH]1. The van der Waals surface area contributed by atoms with Crippen LogP contribution in [0.5, 0.6) is 5.75 Å². The summed E-state index contributed by atoms with van der Waals surface area (Å²) >= 11 is 0. The molecule has 0 spiro atoms. The maximum absolute atomic E-state index is 13.2. The highest BCUT2D eigenvalue weighted by atomic mass is 16.5. The van der Waals surface area contributed by atoms with Crippen molar-refractivity contribution in [1.29, 1.82) is 0 Å². The lowest BCUT2D eigenvalue weighted by Gasteiger charge is -2.25. The largest absolute Gasteiger partial charge is 0.488 e. The summed E-state index contributed by atoms with van der Waals surface area (Å²) in [6, 6.07) is 18.1. The Kier molecular flexibility index (Phi) is 5.52. The van der Waals surface area contributed by atoms with Gasteiger partial charge in [-0.05, 0) is 30.5 Å². The number of H-pyrrole nitrogens is 1. The standard InChI is InChI=1S/C23H23N3O2/c27-23(20-15-19-10-4-5-11-21(19)28-17-20)26(16-22-24-12-13-25-22)14-6-9-18-7-2-1-3-8-18/h1-5,7-8,10-13,15H,6,9,14,16-17H2,(H,24,25). The molecular formula is C23H23N3O2. The number of nitrogens with one attached hydrogen (secondary N) is 1. The summed E-state index contributed by atoms with van der Waals surface area (Å²) in [5.74, 6) is 1.60. The van der Waals surface area contributed by atoms with Gasteiger partial charge in [0.05, 0.1) is 12.1 Å². The minimum Gasteiger partial charge on any atom is -0.488 e. The molecule has 1 aromatic heterocycles. The quantitative estimate of drug-likeness (QED) is 0.684. The molecule has 3 aromatic rings. The van der Waals surface area contributed by atoms with Crippen molar-refractivity contribution in [3.63, 3.8) is 0 Å². The van der Waals surface area contributed by atoms with Gasteiger partial charge in [0.25, 0.3) is 5.91 Å². The van der Waals surface area contributed by atoms with E-state index in [2.05, 4.69) is 22.1 Å². The molecule has 0 saturated carbocycles. The third-order valence-corrected chi connectivity index (χ3v) is 4.83. The molecule has 0 saturated heterocycles. The van der Waals surface area contributed by atoms with Gasteiger partial charge in [0.15, 0.2) is 0 Å². The molecule has 0 atom stereocenters. The summed E-state index contributed by atoms with van der Waals surface area (Å²) in [6.45, 7) is 1.41. The second-order valence-corrected chi connectivity index (χ2v) is 6.85. The predicted molar refractivity (Wildman–Crippen MR) is 109 cm³/mol. The van der Waals surface area contributed by atoms with Gasteiger partial charge >= 0.3 is 0 Å². The topological polar surface area (TPSA) is 58.2 Å². The molecule has 0 bridgehead atoms. The van der Waals surface area contributed by atoms with Crippen LogP contribution in [0, 0.1) is 0 Å². The molecule has 28 heavy (non-hydrogen) atoms. The highest BCUT2D eigenvalue weighted by Gasteiger charge is 2.23. The van der Waals surface area contributed by atoms with Gasteiger partial charge in [0.2, 0.25) is 0 Å². The van der Waals surface area contributed by atoms with Gasteiger partial charge in [-0.2, -0.15) is 0 Å². The number of aryl methyl sites for hydroxylation is 1.